The van der Waals surface area contributed by atoms with Crippen molar-refractivity contribution in [2.24, 2.45) is 17.8 Å². The van der Waals surface area contributed by atoms with Gasteiger partial charge in [0, 0.05) is 11.6 Å². The fourth-order valence-corrected chi connectivity index (χ4v) is 4.20. The highest BCUT2D eigenvalue weighted by molar-refractivity contribution is 5.78. The molecule has 2 bridgehead atoms. The first kappa shape index (κ1) is 11.4. The summed E-state index contributed by atoms with van der Waals surface area (Å²) in [6, 6.07) is 10.2. The summed E-state index contributed by atoms with van der Waals surface area (Å²) < 4.78 is 0. The summed E-state index contributed by atoms with van der Waals surface area (Å²) in [7, 11) is 0. The molecule has 2 nitrogen and oxygen atoms in total. The van der Waals surface area contributed by atoms with E-state index in [2.05, 4.69) is 29.2 Å². The van der Waals surface area contributed by atoms with Gasteiger partial charge < -0.3 is 5.11 Å². The number of hydrogen-bond acceptors (Lipinski definition) is 2. The van der Waals surface area contributed by atoms with Gasteiger partial charge in [-0.25, -0.2) is 0 Å². The molecule has 2 aliphatic carbocycles. The van der Waals surface area contributed by atoms with Crippen LogP contribution in [0.5, 0.6) is 0 Å². The molecule has 2 heteroatoms. The average Bonchev–Trinajstić information content (AvgIpc) is 3.08. The number of hydrogen-bond donors (Lipinski definition) is 1. The van der Waals surface area contributed by atoms with Crippen LogP contribution >= 0.6 is 0 Å². The average molecular weight is 253 g/mol. The third-order valence-corrected chi connectivity index (χ3v) is 5.17. The second-order valence-electron chi connectivity index (χ2n) is 6.24. The van der Waals surface area contributed by atoms with E-state index in [9.17, 15) is 5.11 Å². The zero-order valence-electron chi connectivity index (χ0n) is 11.0. The predicted octanol–water partition coefficient (Wildman–Crippen LogP) is 3.70. The van der Waals surface area contributed by atoms with Crippen LogP contribution in [0.1, 0.15) is 37.4 Å². The fraction of sp³-hybridized carbons (Fsp3) is 0.471. The molecule has 2 saturated carbocycles. The summed E-state index contributed by atoms with van der Waals surface area (Å²) in [6.45, 7) is 0. The van der Waals surface area contributed by atoms with E-state index in [1.165, 1.54) is 25.7 Å². The van der Waals surface area contributed by atoms with Crippen LogP contribution < -0.4 is 0 Å². The summed E-state index contributed by atoms with van der Waals surface area (Å²) in [5, 5.41) is 11.8. The molecule has 98 valence electrons. The smallest absolute Gasteiger partial charge is 0.0821 e. The molecule has 0 radical (unpaired) electrons. The lowest BCUT2D eigenvalue weighted by Crippen LogP contribution is -2.19. The highest BCUT2D eigenvalue weighted by Crippen LogP contribution is 2.52. The van der Waals surface area contributed by atoms with E-state index < -0.39 is 0 Å². The van der Waals surface area contributed by atoms with E-state index in [4.69, 9.17) is 0 Å². The Balaban J connectivity index is 1.66. The zero-order chi connectivity index (χ0) is 12.8. The van der Waals surface area contributed by atoms with Gasteiger partial charge in [0.1, 0.15) is 0 Å². The summed E-state index contributed by atoms with van der Waals surface area (Å²) in [4.78, 5) is 4.39. The van der Waals surface area contributed by atoms with Crippen LogP contribution in [-0.4, -0.2) is 10.1 Å². The normalized spacial score (nSPS) is 30.9. The third-order valence-electron chi connectivity index (χ3n) is 5.17. The summed E-state index contributed by atoms with van der Waals surface area (Å²) in [5.41, 5.74) is 2.03. The molecule has 4 rings (SSSR count). The van der Waals surface area contributed by atoms with Crippen LogP contribution in [-0.2, 0) is 0 Å². The van der Waals surface area contributed by atoms with E-state index in [1.807, 2.05) is 12.3 Å². The van der Waals surface area contributed by atoms with Gasteiger partial charge in [0.05, 0.1) is 11.6 Å². The molecule has 2 fully saturated rings. The van der Waals surface area contributed by atoms with Crippen LogP contribution in [0, 0.1) is 17.8 Å². The topological polar surface area (TPSA) is 33.1 Å². The molecule has 0 aliphatic heterocycles. The molecule has 2 aromatic rings. The fourth-order valence-electron chi connectivity index (χ4n) is 4.20. The maximum Gasteiger partial charge on any atom is 0.0821 e. The van der Waals surface area contributed by atoms with Crippen LogP contribution in [0.25, 0.3) is 10.9 Å². The maximum atomic E-state index is 10.7. The summed E-state index contributed by atoms with van der Waals surface area (Å²) >= 11 is 0. The first-order chi connectivity index (χ1) is 9.31. The van der Waals surface area contributed by atoms with Gasteiger partial charge in [0.15, 0.2) is 0 Å². The summed E-state index contributed by atoms with van der Waals surface area (Å²) in [5.74, 6) is 2.10. The Kier molecular flexibility index (Phi) is 2.59. The number of benzene rings is 1. The van der Waals surface area contributed by atoms with Crippen molar-refractivity contribution in [3.8, 4) is 0 Å². The van der Waals surface area contributed by atoms with Crippen LogP contribution in [0.3, 0.4) is 0 Å². The SMILES string of the molecule is OC(c1ccc2cccnc2c1)C1CC2CCC1C2. The minimum Gasteiger partial charge on any atom is -0.388 e. The number of aliphatic hydroxyl groups is 1. The van der Waals surface area contributed by atoms with Crippen LogP contribution in [0.2, 0.25) is 0 Å². The van der Waals surface area contributed by atoms with Gasteiger partial charge in [-0.1, -0.05) is 24.6 Å². The van der Waals surface area contributed by atoms with Crippen molar-refractivity contribution in [2.75, 3.05) is 0 Å². The Hall–Kier alpha value is -1.41. The van der Waals surface area contributed by atoms with Crippen LogP contribution in [0.15, 0.2) is 36.5 Å². The molecule has 1 heterocycles. The lowest BCUT2D eigenvalue weighted by atomic mass is 9.82. The molecule has 1 N–H and O–H groups in total. The van der Waals surface area contributed by atoms with Gasteiger partial charge in [-0.3, -0.25) is 4.98 Å². The number of fused-ring (bicyclic) bond motifs is 3. The quantitative estimate of drug-likeness (QED) is 0.885. The molecule has 0 saturated heterocycles. The maximum absolute atomic E-state index is 10.7. The van der Waals surface area contributed by atoms with Crippen molar-refractivity contribution in [2.45, 2.75) is 31.8 Å². The van der Waals surface area contributed by atoms with Gasteiger partial charge in [-0.15, -0.1) is 0 Å². The lowest BCUT2D eigenvalue weighted by molar-refractivity contribution is 0.0746. The monoisotopic (exact) mass is 253 g/mol. The van der Waals surface area contributed by atoms with Gasteiger partial charge >= 0.3 is 0 Å². The van der Waals surface area contributed by atoms with Crippen molar-refractivity contribution in [3.63, 3.8) is 0 Å². The second kappa shape index (κ2) is 4.31. The van der Waals surface area contributed by atoms with Crippen molar-refractivity contribution in [1.29, 1.82) is 0 Å². The minimum atomic E-state index is -0.304. The Labute approximate surface area is 113 Å². The Morgan fingerprint density at radius 1 is 1.16 bits per heavy atom. The number of rotatable bonds is 2. The number of aliphatic hydroxyl groups excluding tert-OH is 1. The third kappa shape index (κ3) is 1.86. The van der Waals surface area contributed by atoms with Crippen molar-refractivity contribution >= 4 is 10.9 Å². The molecule has 1 aromatic heterocycles. The molecule has 19 heavy (non-hydrogen) atoms. The van der Waals surface area contributed by atoms with Crippen molar-refractivity contribution in [3.05, 3.63) is 42.1 Å². The Morgan fingerprint density at radius 2 is 2.11 bits per heavy atom. The van der Waals surface area contributed by atoms with E-state index in [-0.39, 0.29) is 6.10 Å². The standard InChI is InChI=1S/C17H19NO/c19-17(15-9-11-3-4-13(15)8-11)14-6-5-12-2-1-7-18-16(12)10-14/h1-2,5-7,10-11,13,15,17,19H,3-4,8-9H2. The van der Waals surface area contributed by atoms with Gasteiger partial charge in [-0.2, -0.15) is 0 Å². The van der Waals surface area contributed by atoms with Gasteiger partial charge in [-0.05, 0) is 54.7 Å². The molecule has 4 unspecified atom stereocenters. The predicted molar refractivity (Wildman–Crippen MR) is 75.6 cm³/mol. The largest absolute Gasteiger partial charge is 0.388 e. The highest BCUT2D eigenvalue weighted by Gasteiger charge is 2.42. The number of pyridine rings is 1. The first-order valence-electron chi connectivity index (χ1n) is 7.34. The highest BCUT2D eigenvalue weighted by atomic mass is 16.3. The van der Waals surface area contributed by atoms with Gasteiger partial charge in [0.2, 0.25) is 0 Å². The lowest BCUT2D eigenvalue weighted by Gasteiger charge is -2.27. The van der Waals surface area contributed by atoms with Gasteiger partial charge in [0.25, 0.3) is 0 Å². The summed E-state index contributed by atoms with van der Waals surface area (Å²) in [6.07, 6.45) is 6.77. The zero-order valence-corrected chi connectivity index (χ0v) is 11.0. The second-order valence-corrected chi connectivity index (χ2v) is 6.24. The first-order valence-corrected chi connectivity index (χ1v) is 7.34. The van der Waals surface area contributed by atoms with E-state index in [0.717, 1.165) is 28.3 Å². The van der Waals surface area contributed by atoms with Crippen molar-refractivity contribution < 1.29 is 5.11 Å². The molecule has 1 aromatic carbocycles. The molecule has 0 spiro atoms. The Bertz CT molecular complexity index is 609. The number of nitrogens with zero attached hydrogens (tertiary/aromatic N) is 1. The minimum absolute atomic E-state index is 0.304. The van der Waals surface area contributed by atoms with E-state index >= 15 is 0 Å². The van der Waals surface area contributed by atoms with Crippen molar-refractivity contribution in [1.82, 2.24) is 4.98 Å². The Morgan fingerprint density at radius 3 is 2.89 bits per heavy atom. The molecular weight excluding hydrogens is 234 g/mol. The molecule has 4 atom stereocenters. The van der Waals surface area contributed by atoms with Crippen LogP contribution in [0.4, 0.5) is 0 Å². The molecule has 2 aliphatic rings. The van der Waals surface area contributed by atoms with E-state index in [1.54, 1.807) is 0 Å². The molecule has 0 amide bonds. The van der Waals surface area contributed by atoms with E-state index in [0.29, 0.717) is 5.92 Å². The molecular formula is C17H19NO. The number of aromatic nitrogens is 1.